The van der Waals surface area contributed by atoms with Crippen molar-refractivity contribution in [1.82, 2.24) is 20.4 Å². The molecule has 0 spiro atoms. The molecule has 1 amide bonds. The van der Waals surface area contributed by atoms with Crippen molar-refractivity contribution in [2.24, 2.45) is 0 Å². The Kier molecular flexibility index (Phi) is 5.65. The van der Waals surface area contributed by atoms with E-state index in [1.807, 2.05) is 18.9 Å². The summed E-state index contributed by atoms with van der Waals surface area (Å²) in [5.41, 5.74) is 0. The van der Waals surface area contributed by atoms with E-state index in [1.165, 1.54) is 11.3 Å². The lowest BCUT2D eigenvalue weighted by molar-refractivity contribution is -0.122. The summed E-state index contributed by atoms with van der Waals surface area (Å²) < 4.78 is 0.429. The molecule has 0 unspecified atom stereocenters. The van der Waals surface area contributed by atoms with Crippen LogP contribution in [-0.2, 0) is 11.3 Å². The molecule has 0 saturated carbocycles. The second-order valence-corrected chi connectivity index (χ2v) is 5.12. The molecule has 1 aromatic rings. The number of nitrogens with zero attached hydrogens (tertiary/aromatic N) is 3. The number of rotatable bonds is 6. The van der Waals surface area contributed by atoms with Crippen molar-refractivity contribution >= 4 is 28.8 Å². The molecule has 0 aromatic carbocycles. The fourth-order valence-corrected chi connectivity index (χ4v) is 2.10. The molecule has 1 heterocycles. The van der Waals surface area contributed by atoms with E-state index in [2.05, 4.69) is 15.5 Å². The van der Waals surface area contributed by atoms with Crippen LogP contribution >= 0.6 is 22.9 Å². The van der Waals surface area contributed by atoms with Crippen LogP contribution in [0.2, 0.25) is 4.47 Å². The maximum atomic E-state index is 11.4. The van der Waals surface area contributed by atoms with Crippen LogP contribution in [-0.4, -0.2) is 41.1 Å². The first-order chi connectivity index (χ1) is 7.61. The van der Waals surface area contributed by atoms with E-state index >= 15 is 0 Å². The Morgan fingerprint density at radius 2 is 2.31 bits per heavy atom. The van der Waals surface area contributed by atoms with E-state index in [1.54, 1.807) is 0 Å². The molecule has 16 heavy (non-hydrogen) atoms. The van der Waals surface area contributed by atoms with Crippen LogP contribution in [0.1, 0.15) is 18.4 Å². The van der Waals surface area contributed by atoms with E-state index in [9.17, 15) is 4.79 Å². The van der Waals surface area contributed by atoms with E-state index in [0.29, 0.717) is 17.6 Å². The van der Waals surface area contributed by atoms with E-state index in [0.717, 1.165) is 18.0 Å². The Morgan fingerprint density at radius 1 is 1.56 bits per heavy atom. The van der Waals surface area contributed by atoms with Crippen molar-refractivity contribution < 1.29 is 4.79 Å². The SMILES string of the molecule is CCCNC(=O)CN(C)Cc1nnc(Cl)s1. The van der Waals surface area contributed by atoms with Gasteiger partial charge in [-0.15, -0.1) is 10.2 Å². The van der Waals surface area contributed by atoms with Crippen LogP contribution in [0, 0.1) is 0 Å². The number of carbonyl (C=O) groups is 1. The van der Waals surface area contributed by atoms with Crippen LogP contribution in [0.25, 0.3) is 0 Å². The molecule has 0 aliphatic carbocycles. The van der Waals surface area contributed by atoms with Crippen LogP contribution in [0.15, 0.2) is 0 Å². The molecule has 7 heteroatoms. The van der Waals surface area contributed by atoms with Gasteiger partial charge in [0.05, 0.1) is 13.1 Å². The van der Waals surface area contributed by atoms with Gasteiger partial charge < -0.3 is 5.32 Å². The predicted octanol–water partition coefficient (Wildman–Crippen LogP) is 1.15. The number of likely N-dealkylation sites (N-methyl/N-ethyl adjacent to an activating group) is 1. The first-order valence-electron chi connectivity index (χ1n) is 5.05. The number of nitrogens with one attached hydrogen (secondary N) is 1. The van der Waals surface area contributed by atoms with E-state index in [-0.39, 0.29) is 5.91 Å². The lowest BCUT2D eigenvalue weighted by Gasteiger charge is -2.13. The summed E-state index contributed by atoms with van der Waals surface area (Å²) in [7, 11) is 1.86. The van der Waals surface area contributed by atoms with Gasteiger partial charge in [-0.3, -0.25) is 9.69 Å². The van der Waals surface area contributed by atoms with Crippen molar-refractivity contribution in [3.8, 4) is 0 Å². The Bertz CT molecular complexity index is 344. The standard InChI is InChI=1S/C9H15ClN4OS/c1-3-4-11-7(15)5-14(2)6-8-12-13-9(10)16-8/h3-6H2,1-2H3,(H,11,15). The second-order valence-electron chi connectivity index (χ2n) is 3.47. The Morgan fingerprint density at radius 3 is 2.88 bits per heavy atom. The second kappa shape index (κ2) is 6.78. The zero-order valence-corrected chi connectivity index (χ0v) is 10.9. The minimum Gasteiger partial charge on any atom is -0.355 e. The molecule has 0 radical (unpaired) electrons. The number of amides is 1. The van der Waals surface area contributed by atoms with Crippen molar-refractivity contribution in [2.45, 2.75) is 19.9 Å². The largest absolute Gasteiger partial charge is 0.355 e. The Balaban J connectivity index is 2.30. The third-order valence-corrected chi connectivity index (χ3v) is 2.84. The normalized spacial score (nSPS) is 10.8. The summed E-state index contributed by atoms with van der Waals surface area (Å²) in [6, 6.07) is 0. The highest BCUT2D eigenvalue weighted by molar-refractivity contribution is 7.15. The molecule has 0 aliphatic rings. The van der Waals surface area contributed by atoms with Gasteiger partial charge in [-0.05, 0) is 25.1 Å². The molecule has 1 N–H and O–H groups in total. The predicted molar refractivity (Wildman–Crippen MR) is 64.6 cm³/mol. The molecule has 1 rings (SSSR count). The molecular weight excluding hydrogens is 248 g/mol. The van der Waals surface area contributed by atoms with Gasteiger partial charge in [-0.25, -0.2) is 0 Å². The molecule has 0 bridgehead atoms. The maximum Gasteiger partial charge on any atom is 0.234 e. The van der Waals surface area contributed by atoms with Crippen molar-refractivity contribution in [1.29, 1.82) is 0 Å². The lowest BCUT2D eigenvalue weighted by Crippen LogP contribution is -2.35. The zero-order valence-electron chi connectivity index (χ0n) is 9.36. The first-order valence-corrected chi connectivity index (χ1v) is 6.24. The van der Waals surface area contributed by atoms with Crippen LogP contribution in [0.3, 0.4) is 0 Å². The number of carbonyl (C=O) groups excluding carboxylic acids is 1. The molecule has 5 nitrogen and oxygen atoms in total. The molecular formula is C9H15ClN4OS. The summed E-state index contributed by atoms with van der Waals surface area (Å²) in [5, 5.41) is 11.2. The van der Waals surface area contributed by atoms with Crippen molar-refractivity contribution in [2.75, 3.05) is 20.1 Å². The van der Waals surface area contributed by atoms with Gasteiger partial charge in [0, 0.05) is 6.54 Å². The molecule has 0 fully saturated rings. The summed E-state index contributed by atoms with van der Waals surface area (Å²) in [5.74, 6) is 0.0277. The molecule has 1 aromatic heterocycles. The third-order valence-electron chi connectivity index (χ3n) is 1.83. The maximum absolute atomic E-state index is 11.4. The number of aromatic nitrogens is 2. The minimum absolute atomic E-state index is 0.0277. The summed E-state index contributed by atoms with van der Waals surface area (Å²) in [4.78, 5) is 13.3. The van der Waals surface area contributed by atoms with Crippen LogP contribution in [0.4, 0.5) is 0 Å². The van der Waals surface area contributed by atoms with Gasteiger partial charge in [0.1, 0.15) is 5.01 Å². The summed E-state index contributed by atoms with van der Waals surface area (Å²) in [6.07, 6.45) is 0.946. The molecule has 0 aliphatic heterocycles. The first kappa shape index (κ1) is 13.3. The third kappa shape index (κ3) is 4.87. The average molecular weight is 263 g/mol. The summed E-state index contributed by atoms with van der Waals surface area (Å²) in [6.45, 7) is 3.69. The lowest BCUT2D eigenvalue weighted by atomic mass is 10.4. The Hall–Kier alpha value is -0.720. The van der Waals surface area contributed by atoms with Crippen LogP contribution in [0.5, 0.6) is 0 Å². The number of hydrogen-bond donors (Lipinski definition) is 1. The fraction of sp³-hybridized carbons (Fsp3) is 0.667. The average Bonchev–Trinajstić information content (AvgIpc) is 2.60. The topological polar surface area (TPSA) is 58.1 Å². The van der Waals surface area contributed by atoms with Crippen molar-refractivity contribution in [3.63, 3.8) is 0 Å². The molecule has 90 valence electrons. The monoisotopic (exact) mass is 262 g/mol. The quantitative estimate of drug-likeness (QED) is 0.836. The van der Waals surface area contributed by atoms with Gasteiger partial charge >= 0.3 is 0 Å². The van der Waals surface area contributed by atoms with E-state index in [4.69, 9.17) is 11.6 Å². The highest BCUT2D eigenvalue weighted by atomic mass is 35.5. The Labute approximate surface area is 104 Å². The highest BCUT2D eigenvalue weighted by Crippen LogP contribution is 2.15. The smallest absolute Gasteiger partial charge is 0.234 e. The van der Waals surface area contributed by atoms with Gasteiger partial charge in [0.2, 0.25) is 10.4 Å². The molecule has 0 atom stereocenters. The van der Waals surface area contributed by atoms with Crippen LogP contribution < -0.4 is 5.32 Å². The van der Waals surface area contributed by atoms with Gasteiger partial charge in [0.25, 0.3) is 0 Å². The van der Waals surface area contributed by atoms with Gasteiger partial charge in [-0.1, -0.05) is 18.3 Å². The zero-order chi connectivity index (χ0) is 12.0. The summed E-state index contributed by atoms with van der Waals surface area (Å²) >= 11 is 7.00. The highest BCUT2D eigenvalue weighted by Gasteiger charge is 2.09. The van der Waals surface area contributed by atoms with Crippen molar-refractivity contribution in [3.05, 3.63) is 9.47 Å². The minimum atomic E-state index is 0.0277. The fourth-order valence-electron chi connectivity index (χ4n) is 1.15. The number of hydrogen-bond acceptors (Lipinski definition) is 5. The van der Waals surface area contributed by atoms with E-state index < -0.39 is 0 Å². The van der Waals surface area contributed by atoms with Gasteiger partial charge in [0.15, 0.2) is 0 Å². The molecule has 0 saturated heterocycles. The van der Waals surface area contributed by atoms with Gasteiger partial charge in [-0.2, -0.15) is 0 Å². The number of halogens is 1.